The molecule has 0 amide bonds. The Kier molecular flexibility index (Phi) is 2.95. The van der Waals surface area contributed by atoms with Crippen molar-refractivity contribution in [2.45, 2.75) is 26.2 Å². The monoisotopic (exact) mass is 317 g/mol. The van der Waals surface area contributed by atoms with Crippen molar-refractivity contribution in [2.75, 3.05) is 0 Å². The van der Waals surface area contributed by atoms with Crippen LogP contribution in [0.5, 0.6) is 0 Å². The van der Waals surface area contributed by atoms with Gasteiger partial charge in [0.05, 0.1) is 5.69 Å². The molecule has 0 N–H and O–H groups in total. The zero-order valence-electron chi connectivity index (χ0n) is 11.5. The van der Waals surface area contributed by atoms with Crippen LogP contribution < -0.4 is 0 Å². The Balaban J connectivity index is 2.03. The predicted octanol–water partition coefficient (Wildman–Crippen LogP) is 4.50. The van der Waals surface area contributed by atoms with Crippen molar-refractivity contribution in [3.63, 3.8) is 0 Å². The van der Waals surface area contributed by atoms with E-state index < -0.39 is 0 Å². The molecular weight excluding hydrogens is 305 g/mol. The van der Waals surface area contributed by atoms with Crippen LogP contribution in [0.15, 0.2) is 24.3 Å². The van der Waals surface area contributed by atoms with E-state index in [1.54, 1.807) is 4.52 Å². The van der Waals surface area contributed by atoms with Gasteiger partial charge < -0.3 is 0 Å². The summed E-state index contributed by atoms with van der Waals surface area (Å²) in [4.78, 5) is 4.82. The number of halogens is 2. The van der Waals surface area contributed by atoms with Crippen molar-refractivity contribution < 1.29 is 0 Å². The minimum atomic E-state index is 0.704. The maximum Gasteiger partial charge on any atom is 0.165 e. The Bertz CT molecular complexity index is 850. The predicted molar refractivity (Wildman–Crippen MR) is 85.2 cm³/mol. The zero-order valence-corrected chi connectivity index (χ0v) is 13.0. The lowest BCUT2D eigenvalue weighted by Gasteiger charge is -2.05. The highest BCUT2D eigenvalue weighted by atomic mass is 35.5. The zero-order chi connectivity index (χ0) is 14.6. The molecule has 0 radical (unpaired) electrons. The van der Waals surface area contributed by atoms with Gasteiger partial charge in [0.25, 0.3) is 0 Å². The Labute approximate surface area is 132 Å². The minimum Gasteiger partial charge on any atom is -0.233 e. The van der Waals surface area contributed by atoms with Gasteiger partial charge in [0.2, 0.25) is 0 Å². The summed E-state index contributed by atoms with van der Waals surface area (Å²) in [5.74, 6) is 0. The largest absolute Gasteiger partial charge is 0.233 e. The first-order valence-electron chi connectivity index (χ1n) is 6.97. The van der Waals surface area contributed by atoms with E-state index in [9.17, 15) is 0 Å². The van der Waals surface area contributed by atoms with Gasteiger partial charge in [-0.05, 0) is 43.9 Å². The quantitative estimate of drug-likeness (QED) is 0.618. The van der Waals surface area contributed by atoms with Crippen LogP contribution in [0.25, 0.3) is 16.8 Å². The molecule has 1 aliphatic rings. The summed E-state index contributed by atoms with van der Waals surface area (Å²) in [5.41, 5.74) is 6.12. The van der Waals surface area contributed by atoms with Crippen molar-refractivity contribution in [1.82, 2.24) is 14.6 Å². The molecule has 0 saturated carbocycles. The first-order chi connectivity index (χ1) is 10.1. The number of nitrogens with zero attached hydrogens (tertiary/aromatic N) is 3. The fraction of sp³-hybridized carbons (Fsp3) is 0.250. The summed E-state index contributed by atoms with van der Waals surface area (Å²) in [5, 5.41) is 6.00. The molecule has 106 valence electrons. The van der Waals surface area contributed by atoms with Gasteiger partial charge in [-0.15, -0.1) is 0 Å². The van der Waals surface area contributed by atoms with E-state index in [1.165, 1.54) is 0 Å². The van der Waals surface area contributed by atoms with Crippen LogP contribution in [0.4, 0.5) is 0 Å². The van der Waals surface area contributed by atoms with Crippen molar-refractivity contribution in [3.8, 4) is 11.1 Å². The van der Waals surface area contributed by atoms with Crippen LogP contribution in [0.3, 0.4) is 0 Å². The Morgan fingerprint density at radius 3 is 2.62 bits per heavy atom. The van der Waals surface area contributed by atoms with Gasteiger partial charge in [-0.1, -0.05) is 35.3 Å². The second kappa shape index (κ2) is 4.72. The van der Waals surface area contributed by atoms with Crippen molar-refractivity contribution in [1.29, 1.82) is 0 Å². The van der Waals surface area contributed by atoms with Crippen LogP contribution in [0, 0.1) is 6.92 Å². The van der Waals surface area contributed by atoms with Gasteiger partial charge in [0.15, 0.2) is 5.65 Å². The summed E-state index contributed by atoms with van der Waals surface area (Å²) >= 11 is 12.5. The van der Waals surface area contributed by atoms with Gasteiger partial charge >= 0.3 is 0 Å². The maximum absolute atomic E-state index is 6.52. The molecule has 1 aromatic carbocycles. The number of aryl methyl sites for hydroxylation is 2. The number of hydrogen-bond donors (Lipinski definition) is 0. The van der Waals surface area contributed by atoms with E-state index in [2.05, 4.69) is 5.10 Å². The third-order valence-corrected chi connectivity index (χ3v) is 4.67. The third-order valence-electron chi connectivity index (χ3n) is 4.03. The fourth-order valence-electron chi connectivity index (χ4n) is 3.04. The molecule has 21 heavy (non-hydrogen) atoms. The molecule has 0 spiro atoms. The van der Waals surface area contributed by atoms with Crippen LogP contribution in [0.1, 0.15) is 23.4 Å². The first-order valence-corrected chi connectivity index (χ1v) is 7.73. The molecule has 0 unspecified atom stereocenters. The summed E-state index contributed by atoms with van der Waals surface area (Å²) in [7, 11) is 0. The van der Waals surface area contributed by atoms with E-state index in [0.29, 0.717) is 5.15 Å². The smallest absolute Gasteiger partial charge is 0.165 e. The number of rotatable bonds is 1. The fourth-order valence-corrected chi connectivity index (χ4v) is 3.49. The molecule has 0 bridgehead atoms. The number of hydrogen-bond acceptors (Lipinski definition) is 2. The van der Waals surface area contributed by atoms with Crippen molar-refractivity contribution in [3.05, 3.63) is 51.4 Å². The van der Waals surface area contributed by atoms with E-state index in [0.717, 1.165) is 58.0 Å². The number of aromatic nitrogens is 3. The standard InChI is InChI=1S/C16H13Cl2N3/c1-9-14(10-5-7-11(17)8-6-10)16-19-13-4-2-3-12(13)15(18)21(16)20-9/h5-8H,2-4H2,1H3. The summed E-state index contributed by atoms with van der Waals surface area (Å²) < 4.78 is 1.77. The molecule has 0 fully saturated rings. The highest BCUT2D eigenvalue weighted by Crippen LogP contribution is 2.34. The molecule has 0 aliphatic heterocycles. The summed E-state index contributed by atoms with van der Waals surface area (Å²) in [6.45, 7) is 1.99. The highest BCUT2D eigenvalue weighted by Gasteiger charge is 2.22. The van der Waals surface area contributed by atoms with E-state index in [-0.39, 0.29) is 0 Å². The van der Waals surface area contributed by atoms with Crippen LogP contribution in [-0.2, 0) is 12.8 Å². The summed E-state index contributed by atoms with van der Waals surface area (Å²) in [6, 6.07) is 7.76. The highest BCUT2D eigenvalue weighted by molar-refractivity contribution is 6.31. The molecule has 4 rings (SSSR count). The first kappa shape index (κ1) is 13.1. The lowest BCUT2D eigenvalue weighted by Crippen LogP contribution is -1.99. The average Bonchev–Trinajstić information content (AvgIpc) is 3.05. The van der Waals surface area contributed by atoms with Gasteiger partial charge in [0, 0.05) is 21.8 Å². The second-order valence-electron chi connectivity index (χ2n) is 5.38. The molecule has 2 heterocycles. The maximum atomic E-state index is 6.52. The molecule has 0 atom stereocenters. The second-order valence-corrected chi connectivity index (χ2v) is 6.18. The lowest BCUT2D eigenvalue weighted by atomic mass is 10.1. The lowest BCUT2D eigenvalue weighted by molar-refractivity contribution is 0.896. The van der Waals surface area contributed by atoms with E-state index >= 15 is 0 Å². The van der Waals surface area contributed by atoms with E-state index in [4.69, 9.17) is 28.2 Å². The normalized spacial score (nSPS) is 13.9. The molecular formula is C16H13Cl2N3. The SMILES string of the molecule is Cc1nn2c(Cl)c3c(nc2c1-c1ccc(Cl)cc1)CCC3. The Hall–Kier alpha value is -1.58. The number of benzene rings is 1. The molecule has 0 saturated heterocycles. The van der Waals surface area contributed by atoms with Gasteiger partial charge in [-0.25, -0.2) is 9.50 Å². The van der Waals surface area contributed by atoms with Crippen LogP contribution >= 0.6 is 23.2 Å². The van der Waals surface area contributed by atoms with Gasteiger partial charge in [-0.3, -0.25) is 0 Å². The molecule has 5 heteroatoms. The summed E-state index contributed by atoms with van der Waals surface area (Å²) in [6.07, 6.45) is 3.10. The molecule has 3 nitrogen and oxygen atoms in total. The van der Waals surface area contributed by atoms with E-state index in [1.807, 2.05) is 31.2 Å². The van der Waals surface area contributed by atoms with Gasteiger partial charge in [0.1, 0.15) is 5.15 Å². The molecule has 1 aliphatic carbocycles. The topological polar surface area (TPSA) is 30.2 Å². The van der Waals surface area contributed by atoms with Crippen molar-refractivity contribution >= 4 is 28.8 Å². The average molecular weight is 318 g/mol. The Morgan fingerprint density at radius 1 is 1.10 bits per heavy atom. The molecule has 2 aromatic heterocycles. The van der Waals surface area contributed by atoms with Crippen LogP contribution in [-0.4, -0.2) is 14.6 Å². The third kappa shape index (κ3) is 1.95. The van der Waals surface area contributed by atoms with Crippen LogP contribution in [0.2, 0.25) is 10.2 Å². The number of fused-ring (bicyclic) bond motifs is 2. The van der Waals surface area contributed by atoms with Gasteiger partial charge in [-0.2, -0.15) is 5.10 Å². The minimum absolute atomic E-state index is 0.704. The Morgan fingerprint density at radius 2 is 1.86 bits per heavy atom. The van der Waals surface area contributed by atoms with Crippen molar-refractivity contribution in [2.24, 2.45) is 0 Å². The molecule has 3 aromatic rings.